The van der Waals surface area contributed by atoms with Gasteiger partial charge in [0.15, 0.2) is 0 Å². The minimum Gasteiger partial charge on any atom is -0.497 e. The third-order valence-electron chi connectivity index (χ3n) is 6.45. The summed E-state index contributed by atoms with van der Waals surface area (Å²) in [5.41, 5.74) is -2.14. The van der Waals surface area contributed by atoms with E-state index in [0.717, 1.165) is 12.1 Å². The summed E-state index contributed by atoms with van der Waals surface area (Å²) >= 11 is 0. The van der Waals surface area contributed by atoms with Crippen molar-refractivity contribution >= 4 is 23.7 Å². The zero-order valence-corrected chi connectivity index (χ0v) is 18.2. The number of carbonyl (C=O) groups is 3. The van der Waals surface area contributed by atoms with Gasteiger partial charge in [-0.15, -0.1) is 0 Å². The highest BCUT2D eigenvalue weighted by molar-refractivity contribution is 6.22. The molecular weight excluding hydrogens is 469 g/mol. The van der Waals surface area contributed by atoms with Gasteiger partial charge < -0.3 is 19.3 Å². The molecule has 0 N–H and O–H groups in total. The summed E-state index contributed by atoms with van der Waals surface area (Å²) in [6, 6.07) is 7.53. The molecule has 3 saturated heterocycles. The lowest BCUT2D eigenvalue weighted by Crippen LogP contribution is -2.55. The number of amides is 4. The normalized spacial score (nSPS) is 22.9. The number of ether oxygens (including phenoxy) is 2. The van der Waals surface area contributed by atoms with Gasteiger partial charge in [-0.25, -0.2) is 14.5 Å². The van der Waals surface area contributed by atoms with Crippen molar-refractivity contribution in [1.82, 2.24) is 9.80 Å². The van der Waals surface area contributed by atoms with Crippen LogP contribution in [0.5, 0.6) is 11.5 Å². The second-order valence-corrected chi connectivity index (χ2v) is 8.30. The van der Waals surface area contributed by atoms with Crippen molar-refractivity contribution in [3.63, 3.8) is 0 Å². The Morgan fingerprint density at radius 3 is 2.43 bits per heavy atom. The summed E-state index contributed by atoms with van der Waals surface area (Å²) < 4.78 is 50.7. The summed E-state index contributed by atoms with van der Waals surface area (Å²) in [7, 11) is 1.50. The highest BCUT2D eigenvalue weighted by Crippen LogP contribution is 2.43. The number of halogens is 3. The lowest BCUT2D eigenvalue weighted by molar-refractivity contribution is -0.137. The third-order valence-corrected chi connectivity index (χ3v) is 6.45. The molecule has 0 aromatic heterocycles. The van der Waals surface area contributed by atoms with Crippen molar-refractivity contribution in [2.75, 3.05) is 18.6 Å². The van der Waals surface area contributed by atoms with Gasteiger partial charge in [0.1, 0.15) is 17.5 Å². The fraction of sp³-hybridized carbons (Fsp3) is 0.304. The molecule has 35 heavy (non-hydrogen) atoms. The minimum atomic E-state index is -4.84. The number of nitriles is 1. The van der Waals surface area contributed by atoms with Gasteiger partial charge in [0, 0.05) is 6.54 Å². The van der Waals surface area contributed by atoms with Crippen LogP contribution in [0.3, 0.4) is 0 Å². The van der Waals surface area contributed by atoms with Gasteiger partial charge >= 0.3 is 18.3 Å². The molecule has 2 unspecified atom stereocenters. The molecule has 3 aliphatic heterocycles. The van der Waals surface area contributed by atoms with Gasteiger partial charge in [-0.05, 0) is 48.9 Å². The Balaban J connectivity index is 1.38. The monoisotopic (exact) mass is 486 g/mol. The number of nitrogens with zero attached hydrogens (tertiary/aromatic N) is 4. The molecule has 12 heteroatoms. The van der Waals surface area contributed by atoms with Crippen LogP contribution in [0, 0.1) is 11.3 Å². The van der Waals surface area contributed by atoms with Gasteiger partial charge in [0.2, 0.25) is 0 Å². The van der Waals surface area contributed by atoms with Crippen molar-refractivity contribution in [2.45, 2.75) is 30.7 Å². The van der Waals surface area contributed by atoms with Gasteiger partial charge in [-0.3, -0.25) is 4.79 Å². The molecule has 2 aromatic carbocycles. The van der Waals surface area contributed by atoms with Crippen LogP contribution in [0.1, 0.15) is 17.5 Å². The molecule has 3 atom stereocenters. The van der Waals surface area contributed by atoms with E-state index in [2.05, 4.69) is 0 Å². The lowest BCUT2D eigenvalue weighted by Gasteiger charge is -2.34. The zero-order valence-electron chi connectivity index (χ0n) is 18.2. The topological polar surface area (TPSA) is 103 Å². The van der Waals surface area contributed by atoms with E-state index in [4.69, 9.17) is 14.7 Å². The summed E-state index contributed by atoms with van der Waals surface area (Å²) in [5, 5.41) is 9.00. The van der Waals surface area contributed by atoms with Gasteiger partial charge in [0.25, 0.3) is 5.91 Å². The highest BCUT2D eigenvalue weighted by atomic mass is 19.4. The predicted molar refractivity (Wildman–Crippen MR) is 113 cm³/mol. The molecule has 3 aliphatic rings. The van der Waals surface area contributed by atoms with Crippen LogP contribution in [-0.2, 0) is 11.0 Å². The number of carbonyl (C=O) groups excluding carboxylic acids is 3. The SMILES string of the molecule is COc1ccc(OC(=O)N2C[C@H]3CC2C2C(=O)N(c4ccc(C#N)c(C(F)(F)F)c4)C(=O)N23)cc1. The predicted octanol–water partition coefficient (Wildman–Crippen LogP) is 3.38. The molecule has 2 aromatic rings. The number of rotatable bonds is 3. The number of urea groups is 1. The Bertz CT molecular complexity index is 1270. The number of hydrogen-bond donors (Lipinski definition) is 0. The van der Waals surface area contributed by atoms with E-state index in [1.807, 2.05) is 0 Å². The van der Waals surface area contributed by atoms with Crippen LogP contribution in [-0.4, -0.2) is 59.6 Å². The molecular formula is C23H17F3N4O5. The number of piperazine rings is 1. The van der Waals surface area contributed by atoms with E-state index >= 15 is 0 Å². The summed E-state index contributed by atoms with van der Waals surface area (Å²) in [6.07, 6.45) is -5.18. The van der Waals surface area contributed by atoms with Crippen LogP contribution < -0.4 is 14.4 Å². The van der Waals surface area contributed by atoms with Crippen LogP contribution in [0.25, 0.3) is 0 Å². The number of hydrogen-bond acceptors (Lipinski definition) is 6. The number of alkyl halides is 3. The number of benzene rings is 2. The molecule has 2 bridgehead atoms. The number of methoxy groups -OCH3 is 1. The van der Waals surface area contributed by atoms with E-state index in [1.165, 1.54) is 23.0 Å². The Labute approximate surface area is 196 Å². The van der Waals surface area contributed by atoms with E-state index in [0.29, 0.717) is 23.1 Å². The molecule has 4 amide bonds. The molecule has 9 nitrogen and oxygen atoms in total. The van der Waals surface area contributed by atoms with E-state index in [1.54, 1.807) is 24.3 Å². The van der Waals surface area contributed by atoms with Gasteiger partial charge in [-0.2, -0.15) is 18.4 Å². The molecule has 0 saturated carbocycles. The van der Waals surface area contributed by atoms with Crippen molar-refractivity contribution in [1.29, 1.82) is 5.26 Å². The second-order valence-electron chi connectivity index (χ2n) is 8.30. The Hall–Kier alpha value is -4.27. The summed E-state index contributed by atoms with van der Waals surface area (Å²) in [6.45, 7) is 0.129. The first-order valence-electron chi connectivity index (χ1n) is 10.5. The van der Waals surface area contributed by atoms with Crippen molar-refractivity contribution in [2.24, 2.45) is 0 Å². The number of fused-ring (bicyclic) bond motifs is 5. The van der Waals surface area contributed by atoms with Crippen LogP contribution in [0.4, 0.5) is 28.4 Å². The number of likely N-dealkylation sites (tertiary alicyclic amines) is 1. The maximum Gasteiger partial charge on any atom is 0.417 e. The molecule has 180 valence electrons. The molecule has 0 aliphatic carbocycles. The van der Waals surface area contributed by atoms with E-state index < -0.39 is 53.5 Å². The number of anilines is 1. The van der Waals surface area contributed by atoms with Crippen molar-refractivity contribution in [3.05, 3.63) is 53.6 Å². The first kappa shape index (κ1) is 22.5. The van der Waals surface area contributed by atoms with Crippen LogP contribution >= 0.6 is 0 Å². The molecule has 3 fully saturated rings. The third kappa shape index (κ3) is 3.51. The van der Waals surface area contributed by atoms with Crippen molar-refractivity contribution < 1.29 is 37.0 Å². The standard InChI is InChI=1S/C23H17F3N4O5/c1-34-15-4-6-16(7-5-15)35-22(33)28-11-14-9-18(28)19-20(31)30(21(32)29(14)19)13-3-2-12(10-27)17(8-13)23(24,25)26/h2-8,14,18-19H,9,11H2,1H3/t14-,18?,19?/m1/s1. The van der Waals surface area contributed by atoms with E-state index in [9.17, 15) is 27.6 Å². The largest absolute Gasteiger partial charge is 0.497 e. The minimum absolute atomic E-state index is 0.129. The van der Waals surface area contributed by atoms with Gasteiger partial charge in [-0.1, -0.05) is 0 Å². The van der Waals surface area contributed by atoms with Crippen LogP contribution in [0.2, 0.25) is 0 Å². The van der Waals surface area contributed by atoms with Crippen molar-refractivity contribution in [3.8, 4) is 17.6 Å². The first-order chi connectivity index (χ1) is 16.6. The smallest absolute Gasteiger partial charge is 0.417 e. The second kappa shape index (κ2) is 7.90. The average Bonchev–Trinajstić information content (AvgIpc) is 3.50. The quantitative estimate of drug-likeness (QED) is 0.617. The Morgan fingerprint density at radius 2 is 1.80 bits per heavy atom. The molecule has 0 radical (unpaired) electrons. The average molecular weight is 486 g/mol. The van der Waals surface area contributed by atoms with Gasteiger partial charge in [0.05, 0.1) is 42.1 Å². The zero-order chi connectivity index (χ0) is 25.1. The highest BCUT2D eigenvalue weighted by Gasteiger charge is 2.63. The summed E-state index contributed by atoms with van der Waals surface area (Å²) in [4.78, 5) is 42.5. The lowest BCUT2D eigenvalue weighted by atomic mass is 10.1. The van der Waals surface area contributed by atoms with E-state index in [-0.39, 0.29) is 18.0 Å². The maximum atomic E-state index is 13.4. The fourth-order valence-electron chi connectivity index (χ4n) is 4.91. The Morgan fingerprint density at radius 1 is 1.11 bits per heavy atom. The molecule has 0 spiro atoms. The number of imide groups is 1. The Kier molecular flexibility index (Phi) is 5.08. The molecule has 5 rings (SSSR count). The van der Waals surface area contributed by atoms with Crippen LogP contribution in [0.15, 0.2) is 42.5 Å². The first-order valence-corrected chi connectivity index (χ1v) is 10.5. The summed E-state index contributed by atoms with van der Waals surface area (Å²) in [5.74, 6) is 0.109. The fourth-order valence-corrected chi connectivity index (χ4v) is 4.91. The maximum absolute atomic E-state index is 13.4. The molecule has 3 heterocycles.